The largest absolute Gasteiger partial charge is 0.277 e. The van der Waals surface area contributed by atoms with Gasteiger partial charge in [-0.15, -0.1) is 0 Å². The average Bonchev–Trinajstić information content (AvgIpc) is 2.79. The van der Waals surface area contributed by atoms with Crippen LogP contribution >= 0.6 is 0 Å². The van der Waals surface area contributed by atoms with E-state index in [1.54, 1.807) is 4.90 Å². The first-order chi connectivity index (χ1) is 10.0. The Kier molecular flexibility index (Phi) is 7.98. The van der Waals surface area contributed by atoms with Gasteiger partial charge in [0.2, 0.25) is 11.8 Å². The van der Waals surface area contributed by atoms with Gasteiger partial charge in [0.1, 0.15) is 0 Å². The zero-order valence-electron chi connectivity index (χ0n) is 14.2. The number of hydrogen-bond acceptors (Lipinski definition) is 2. The summed E-state index contributed by atoms with van der Waals surface area (Å²) in [5.74, 6) is 0.0973. The first-order valence-corrected chi connectivity index (χ1v) is 8.91. The quantitative estimate of drug-likeness (QED) is 0.404. The molecule has 0 spiro atoms. The van der Waals surface area contributed by atoms with Crippen molar-refractivity contribution in [3.63, 3.8) is 0 Å². The highest BCUT2D eigenvalue weighted by atomic mass is 16.2. The molecule has 1 heterocycles. The van der Waals surface area contributed by atoms with E-state index < -0.39 is 0 Å². The summed E-state index contributed by atoms with van der Waals surface area (Å²) in [5, 5.41) is 0. The number of imide groups is 1. The van der Waals surface area contributed by atoms with Gasteiger partial charge in [0.15, 0.2) is 0 Å². The van der Waals surface area contributed by atoms with Crippen LogP contribution in [0.4, 0.5) is 0 Å². The number of likely N-dealkylation sites (tertiary alicyclic amines) is 1. The van der Waals surface area contributed by atoms with E-state index >= 15 is 0 Å². The van der Waals surface area contributed by atoms with Crippen LogP contribution < -0.4 is 0 Å². The summed E-state index contributed by atoms with van der Waals surface area (Å²) in [6, 6.07) is 0. The Morgan fingerprint density at radius 2 is 1.24 bits per heavy atom. The van der Waals surface area contributed by atoms with Crippen LogP contribution in [0.3, 0.4) is 0 Å². The summed E-state index contributed by atoms with van der Waals surface area (Å²) in [5.41, 5.74) is -0.244. The van der Waals surface area contributed by atoms with Crippen molar-refractivity contribution in [1.82, 2.24) is 4.90 Å². The minimum atomic E-state index is -0.244. The standard InChI is InChI=1S/C18H33NO2/c1-4-6-8-9-11-15-18(3,14-10-7-5-2)19-16(20)12-13-17(19)21/h4-15H2,1-3H3. The molecule has 3 nitrogen and oxygen atoms in total. The average molecular weight is 295 g/mol. The topological polar surface area (TPSA) is 37.4 Å². The molecule has 0 aliphatic carbocycles. The summed E-state index contributed by atoms with van der Waals surface area (Å²) in [4.78, 5) is 25.8. The Bertz CT molecular complexity index is 324. The highest BCUT2D eigenvalue weighted by Crippen LogP contribution is 2.33. The molecule has 0 aromatic heterocycles. The van der Waals surface area contributed by atoms with Gasteiger partial charge in [-0.2, -0.15) is 0 Å². The highest BCUT2D eigenvalue weighted by molar-refractivity contribution is 6.02. The summed E-state index contributed by atoms with van der Waals surface area (Å²) in [6.07, 6.45) is 12.4. The van der Waals surface area contributed by atoms with Gasteiger partial charge in [0.25, 0.3) is 0 Å². The van der Waals surface area contributed by atoms with Gasteiger partial charge in [-0.3, -0.25) is 14.5 Å². The molecule has 122 valence electrons. The molecule has 1 atom stereocenters. The Hall–Kier alpha value is -0.860. The smallest absolute Gasteiger partial charge is 0.230 e. The molecule has 0 aromatic carbocycles. The van der Waals surface area contributed by atoms with E-state index in [1.165, 1.54) is 38.5 Å². The SMILES string of the molecule is CCCCCCCC(C)(CCCCC)N1C(=O)CCC1=O. The first-order valence-electron chi connectivity index (χ1n) is 8.91. The van der Waals surface area contributed by atoms with E-state index in [0.717, 1.165) is 25.7 Å². The molecular formula is C18H33NO2. The van der Waals surface area contributed by atoms with Crippen LogP contribution in [0.15, 0.2) is 0 Å². The fourth-order valence-electron chi connectivity index (χ4n) is 3.39. The fraction of sp³-hybridized carbons (Fsp3) is 0.889. The maximum absolute atomic E-state index is 12.1. The van der Waals surface area contributed by atoms with Gasteiger partial charge in [0, 0.05) is 18.4 Å². The van der Waals surface area contributed by atoms with E-state index in [0.29, 0.717) is 12.8 Å². The molecule has 1 unspecified atom stereocenters. The van der Waals surface area contributed by atoms with Crippen molar-refractivity contribution in [2.45, 2.75) is 103 Å². The Labute approximate surface area is 130 Å². The Morgan fingerprint density at radius 1 is 0.810 bits per heavy atom. The molecular weight excluding hydrogens is 262 g/mol. The molecule has 2 amide bonds. The second-order valence-corrected chi connectivity index (χ2v) is 6.74. The molecule has 0 saturated carbocycles. The van der Waals surface area contributed by atoms with Crippen LogP contribution in [0, 0.1) is 0 Å². The number of carbonyl (C=O) groups is 2. The normalized spacial score (nSPS) is 18.3. The summed E-state index contributed by atoms with van der Waals surface area (Å²) in [6.45, 7) is 6.54. The van der Waals surface area contributed by atoms with E-state index in [9.17, 15) is 9.59 Å². The van der Waals surface area contributed by atoms with E-state index in [1.807, 2.05) is 0 Å². The van der Waals surface area contributed by atoms with Crippen LogP contribution in [0.5, 0.6) is 0 Å². The zero-order chi connectivity index (χ0) is 15.7. The lowest BCUT2D eigenvalue weighted by Gasteiger charge is -2.38. The number of hydrogen-bond donors (Lipinski definition) is 0. The molecule has 0 bridgehead atoms. The zero-order valence-corrected chi connectivity index (χ0v) is 14.2. The minimum absolute atomic E-state index is 0.0487. The maximum Gasteiger partial charge on any atom is 0.230 e. The van der Waals surface area contributed by atoms with Gasteiger partial charge in [-0.1, -0.05) is 65.2 Å². The number of unbranched alkanes of at least 4 members (excludes halogenated alkanes) is 6. The predicted octanol–water partition coefficient (Wildman–Crippen LogP) is 4.83. The molecule has 0 radical (unpaired) electrons. The Balaban J connectivity index is 2.60. The maximum atomic E-state index is 12.1. The molecule has 1 aliphatic rings. The summed E-state index contributed by atoms with van der Waals surface area (Å²) < 4.78 is 0. The predicted molar refractivity (Wildman–Crippen MR) is 87.0 cm³/mol. The van der Waals surface area contributed by atoms with Crippen molar-refractivity contribution < 1.29 is 9.59 Å². The van der Waals surface area contributed by atoms with Crippen LogP contribution in [0.25, 0.3) is 0 Å². The molecule has 1 rings (SSSR count). The lowest BCUT2D eigenvalue weighted by Crippen LogP contribution is -2.49. The molecule has 1 fully saturated rings. The molecule has 0 aromatic rings. The lowest BCUT2D eigenvalue weighted by molar-refractivity contribution is -0.145. The van der Waals surface area contributed by atoms with E-state index in [4.69, 9.17) is 0 Å². The number of rotatable bonds is 11. The minimum Gasteiger partial charge on any atom is -0.277 e. The second kappa shape index (κ2) is 9.22. The Morgan fingerprint density at radius 3 is 1.76 bits per heavy atom. The van der Waals surface area contributed by atoms with E-state index in [-0.39, 0.29) is 17.4 Å². The van der Waals surface area contributed by atoms with Gasteiger partial charge in [-0.05, 0) is 19.8 Å². The molecule has 0 N–H and O–H groups in total. The molecule has 1 saturated heterocycles. The third kappa shape index (κ3) is 5.44. The molecule has 1 aliphatic heterocycles. The third-order valence-electron chi connectivity index (χ3n) is 4.73. The van der Waals surface area contributed by atoms with Gasteiger partial charge in [-0.25, -0.2) is 0 Å². The van der Waals surface area contributed by atoms with Gasteiger partial charge >= 0.3 is 0 Å². The third-order valence-corrected chi connectivity index (χ3v) is 4.73. The van der Waals surface area contributed by atoms with E-state index in [2.05, 4.69) is 20.8 Å². The molecule has 21 heavy (non-hydrogen) atoms. The van der Waals surface area contributed by atoms with Crippen LogP contribution in [0.1, 0.15) is 97.8 Å². The summed E-state index contributed by atoms with van der Waals surface area (Å²) >= 11 is 0. The van der Waals surface area contributed by atoms with Crippen molar-refractivity contribution >= 4 is 11.8 Å². The van der Waals surface area contributed by atoms with Crippen molar-refractivity contribution in [3.05, 3.63) is 0 Å². The van der Waals surface area contributed by atoms with Crippen molar-refractivity contribution in [2.24, 2.45) is 0 Å². The first kappa shape index (κ1) is 18.2. The van der Waals surface area contributed by atoms with Crippen LogP contribution in [-0.4, -0.2) is 22.3 Å². The van der Waals surface area contributed by atoms with Crippen LogP contribution in [-0.2, 0) is 9.59 Å². The van der Waals surface area contributed by atoms with Crippen molar-refractivity contribution in [1.29, 1.82) is 0 Å². The van der Waals surface area contributed by atoms with Crippen molar-refractivity contribution in [3.8, 4) is 0 Å². The fourth-order valence-corrected chi connectivity index (χ4v) is 3.39. The second-order valence-electron chi connectivity index (χ2n) is 6.74. The van der Waals surface area contributed by atoms with Crippen molar-refractivity contribution in [2.75, 3.05) is 0 Å². The molecule has 3 heteroatoms. The lowest BCUT2D eigenvalue weighted by atomic mass is 9.86. The number of carbonyl (C=O) groups excluding carboxylic acids is 2. The van der Waals surface area contributed by atoms with Crippen LogP contribution in [0.2, 0.25) is 0 Å². The number of nitrogens with zero attached hydrogens (tertiary/aromatic N) is 1. The number of amides is 2. The monoisotopic (exact) mass is 295 g/mol. The summed E-state index contributed by atoms with van der Waals surface area (Å²) in [7, 11) is 0. The highest BCUT2D eigenvalue weighted by Gasteiger charge is 2.42. The van der Waals surface area contributed by atoms with Gasteiger partial charge < -0.3 is 0 Å². The van der Waals surface area contributed by atoms with Gasteiger partial charge in [0.05, 0.1) is 0 Å².